The van der Waals surface area contributed by atoms with Gasteiger partial charge in [0.1, 0.15) is 0 Å². The van der Waals surface area contributed by atoms with E-state index >= 15 is 0 Å². The molecule has 3 heteroatoms. The molecule has 3 aromatic rings. The Hall–Kier alpha value is -2.81. The molecule has 0 atom stereocenters. The van der Waals surface area contributed by atoms with E-state index in [2.05, 4.69) is 74.8 Å². The number of ether oxygens (including phenoxy) is 1. The summed E-state index contributed by atoms with van der Waals surface area (Å²) in [7, 11) is 0. The summed E-state index contributed by atoms with van der Waals surface area (Å²) in [6, 6.07) is 14.9. The lowest BCUT2D eigenvalue weighted by Crippen LogP contribution is -2.19. The number of aryl methyl sites for hydroxylation is 3. The Morgan fingerprint density at radius 1 is 0.852 bits per heavy atom. The van der Waals surface area contributed by atoms with Crippen LogP contribution in [0.5, 0.6) is 11.5 Å². The van der Waals surface area contributed by atoms with Crippen LogP contribution in [0.3, 0.4) is 0 Å². The summed E-state index contributed by atoms with van der Waals surface area (Å²) in [6.07, 6.45) is 1.82. The molecule has 0 N–H and O–H groups in total. The predicted molar refractivity (Wildman–Crippen MR) is 112 cm³/mol. The van der Waals surface area contributed by atoms with E-state index in [0.29, 0.717) is 0 Å². The Balaban J connectivity index is 1.99. The molecule has 0 saturated carbocycles. The number of benzene rings is 2. The van der Waals surface area contributed by atoms with Crippen molar-refractivity contribution in [1.29, 1.82) is 0 Å². The summed E-state index contributed by atoms with van der Waals surface area (Å²) >= 11 is 0. The van der Waals surface area contributed by atoms with Gasteiger partial charge in [-0.05, 0) is 61.1 Å². The van der Waals surface area contributed by atoms with Gasteiger partial charge in [0.05, 0.1) is 23.3 Å². The largest absolute Gasteiger partial charge is 0.451 e. The third-order valence-corrected chi connectivity index (χ3v) is 5.13. The Morgan fingerprint density at radius 3 is 2.19 bits per heavy atom. The van der Waals surface area contributed by atoms with Gasteiger partial charge in [0.2, 0.25) is 0 Å². The molecule has 2 heterocycles. The number of aromatic nitrogens is 1. The number of fused-ring (bicyclic) bond motifs is 2. The van der Waals surface area contributed by atoms with Gasteiger partial charge in [-0.2, -0.15) is 0 Å². The van der Waals surface area contributed by atoms with E-state index in [-0.39, 0.29) is 5.41 Å². The second-order valence-electron chi connectivity index (χ2n) is 8.41. The van der Waals surface area contributed by atoms with Crippen LogP contribution in [0.2, 0.25) is 0 Å². The fourth-order valence-electron chi connectivity index (χ4n) is 3.75. The molecule has 0 bridgehead atoms. The first-order chi connectivity index (χ1) is 12.8. The van der Waals surface area contributed by atoms with Gasteiger partial charge < -0.3 is 9.64 Å². The van der Waals surface area contributed by atoms with Crippen molar-refractivity contribution in [2.45, 2.75) is 47.0 Å². The number of hydrogen-bond acceptors (Lipinski definition) is 3. The molecule has 1 aliphatic rings. The van der Waals surface area contributed by atoms with Gasteiger partial charge in [0.15, 0.2) is 11.5 Å². The molecule has 0 aliphatic carbocycles. The topological polar surface area (TPSA) is 25.4 Å². The maximum atomic E-state index is 6.14. The number of rotatable bonds is 1. The molecule has 27 heavy (non-hydrogen) atoms. The van der Waals surface area contributed by atoms with Gasteiger partial charge in [-0.3, -0.25) is 4.98 Å². The second-order valence-corrected chi connectivity index (χ2v) is 8.41. The summed E-state index contributed by atoms with van der Waals surface area (Å²) in [5.41, 5.74) is 8.29. The summed E-state index contributed by atoms with van der Waals surface area (Å²) in [4.78, 5) is 6.75. The molecular weight excluding hydrogens is 332 g/mol. The first kappa shape index (κ1) is 17.6. The molecule has 1 aliphatic heterocycles. The maximum Gasteiger partial charge on any atom is 0.169 e. The average Bonchev–Trinajstić information content (AvgIpc) is 2.60. The fourth-order valence-corrected chi connectivity index (χ4v) is 3.75. The van der Waals surface area contributed by atoms with Gasteiger partial charge in [-0.15, -0.1) is 0 Å². The van der Waals surface area contributed by atoms with Crippen molar-refractivity contribution in [2.75, 3.05) is 4.90 Å². The van der Waals surface area contributed by atoms with Crippen molar-refractivity contribution in [3.05, 3.63) is 71.0 Å². The van der Waals surface area contributed by atoms with E-state index in [9.17, 15) is 0 Å². The zero-order valence-corrected chi connectivity index (χ0v) is 16.9. The number of pyridine rings is 1. The van der Waals surface area contributed by atoms with E-state index in [0.717, 1.165) is 28.6 Å². The van der Waals surface area contributed by atoms with Gasteiger partial charge in [0.25, 0.3) is 0 Å². The van der Waals surface area contributed by atoms with Crippen molar-refractivity contribution < 1.29 is 4.74 Å². The van der Waals surface area contributed by atoms with E-state index in [1.54, 1.807) is 0 Å². The SMILES string of the molecule is Cc1cc2c(cn1)Oc1ccccc1N2c1c(C)cc(C(C)(C)C)cc1C. The van der Waals surface area contributed by atoms with Crippen molar-refractivity contribution in [3.63, 3.8) is 0 Å². The smallest absolute Gasteiger partial charge is 0.169 e. The van der Waals surface area contributed by atoms with E-state index in [4.69, 9.17) is 4.74 Å². The Morgan fingerprint density at radius 2 is 1.52 bits per heavy atom. The molecule has 2 aromatic carbocycles. The minimum Gasteiger partial charge on any atom is -0.451 e. The first-order valence-corrected chi connectivity index (χ1v) is 9.41. The third-order valence-electron chi connectivity index (χ3n) is 5.13. The van der Waals surface area contributed by atoms with Crippen LogP contribution in [0.15, 0.2) is 48.7 Å². The Kier molecular flexibility index (Phi) is 3.99. The monoisotopic (exact) mass is 358 g/mol. The zero-order chi connectivity index (χ0) is 19.3. The standard InChI is InChI=1S/C24H26N2O/c1-15-11-18(24(4,5)6)12-16(2)23(15)26-19-9-7-8-10-21(19)27-22-14-25-17(3)13-20(22)26/h7-14H,1-6H3. The van der Waals surface area contributed by atoms with Crippen molar-refractivity contribution >= 4 is 17.1 Å². The quantitative estimate of drug-likeness (QED) is 0.371. The lowest BCUT2D eigenvalue weighted by atomic mass is 9.84. The molecule has 138 valence electrons. The number of anilines is 3. The van der Waals surface area contributed by atoms with Crippen LogP contribution >= 0.6 is 0 Å². The van der Waals surface area contributed by atoms with Crippen LogP contribution < -0.4 is 9.64 Å². The van der Waals surface area contributed by atoms with Crippen LogP contribution in [-0.4, -0.2) is 4.98 Å². The van der Waals surface area contributed by atoms with Crippen LogP contribution in [0, 0.1) is 20.8 Å². The molecule has 0 saturated heterocycles. The predicted octanol–water partition coefficient (Wildman–Crippen LogP) is 6.88. The van der Waals surface area contributed by atoms with E-state index in [1.807, 2.05) is 25.3 Å². The minimum absolute atomic E-state index is 0.120. The number of nitrogens with zero attached hydrogens (tertiary/aromatic N) is 2. The number of hydrogen-bond donors (Lipinski definition) is 0. The third kappa shape index (κ3) is 2.97. The summed E-state index contributed by atoms with van der Waals surface area (Å²) < 4.78 is 6.14. The van der Waals surface area contributed by atoms with Crippen molar-refractivity contribution in [3.8, 4) is 11.5 Å². The molecule has 0 fully saturated rings. The van der Waals surface area contributed by atoms with Gasteiger partial charge in [-0.1, -0.05) is 45.0 Å². The molecule has 0 unspecified atom stereocenters. The van der Waals surface area contributed by atoms with Crippen LogP contribution in [0.1, 0.15) is 43.2 Å². The lowest BCUT2D eigenvalue weighted by Gasteiger charge is -2.35. The molecular formula is C24H26N2O. The summed E-state index contributed by atoms with van der Waals surface area (Å²) in [5, 5.41) is 0. The molecule has 3 nitrogen and oxygen atoms in total. The highest BCUT2D eigenvalue weighted by molar-refractivity contribution is 5.88. The molecule has 1 aromatic heterocycles. The van der Waals surface area contributed by atoms with E-state index < -0.39 is 0 Å². The normalized spacial score (nSPS) is 13.0. The fraction of sp³-hybridized carbons (Fsp3) is 0.292. The Labute approximate surface area is 161 Å². The minimum atomic E-state index is 0.120. The molecule has 0 amide bonds. The van der Waals surface area contributed by atoms with E-state index in [1.165, 1.54) is 22.4 Å². The Bertz CT molecular complexity index is 1010. The van der Waals surface area contributed by atoms with Crippen molar-refractivity contribution in [1.82, 2.24) is 4.98 Å². The van der Waals surface area contributed by atoms with Gasteiger partial charge in [0, 0.05) is 5.69 Å². The number of para-hydroxylation sites is 2. The van der Waals surface area contributed by atoms with Gasteiger partial charge >= 0.3 is 0 Å². The second kappa shape index (κ2) is 6.12. The summed E-state index contributed by atoms with van der Waals surface area (Å²) in [5.74, 6) is 1.65. The van der Waals surface area contributed by atoms with Crippen LogP contribution in [0.25, 0.3) is 0 Å². The van der Waals surface area contributed by atoms with Crippen LogP contribution in [0.4, 0.5) is 17.1 Å². The average molecular weight is 358 g/mol. The molecule has 4 rings (SSSR count). The zero-order valence-electron chi connectivity index (χ0n) is 16.9. The lowest BCUT2D eigenvalue weighted by molar-refractivity contribution is 0.474. The first-order valence-electron chi connectivity index (χ1n) is 9.41. The maximum absolute atomic E-state index is 6.14. The molecule has 0 radical (unpaired) electrons. The van der Waals surface area contributed by atoms with Crippen molar-refractivity contribution in [2.24, 2.45) is 0 Å². The highest BCUT2D eigenvalue weighted by atomic mass is 16.5. The summed E-state index contributed by atoms with van der Waals surface area (Å²) in [6.45, 7) is 13.2. The highest BCUT2D eigenvalue weighted by Gasteiger charge is 2.29. The van der Waals surface area contributed by atoms with Gasteiger partial charge in [-0.25, -0.2) is 0 Å². The highest BCUT2D eigenvalue weighted by Crippen LogP contribution is 2.51. The molecule has 0 spiro atoms. The van der Waals surface area contributed by atoms with Crippen LogP contribution in [-0.2, 0) is 5.41 Å².